The molecule has 0 bridgehead atoms. The van der Waals surface area contributed by atoms with E-state index in [1.165, 1.54) is 7.11 Å². The van der Waals surface area contributed by atoms with Crippen molar-refractivity contribution in [3.8, 4) is 0 Å². The molecule has 0 aliphatic heterocycles. The van der Waals surface area contributed by atoms with Gasteiger partial charge in [-0.15, -0.1) is 0 Å². The zero-order valence-electron chi connectivity index (χ0n) is 11.8. The van der Waals surface area contributed by atoms with Gasteiger partial charge in [-0.1, -0.05) is 13.8 Å². The SMILES string of the molecule is CCN(CC)CCCNC(=O)NC(C)C(=O)OC. The van der Waals surface area contributed by atoms with Gasteiger partial charge >= 0.3 is 12.0 Å². The number of urea groups is 1. The van der Waals surface area contributed by atoms with E-state index in [1.807, 2.05) is 0 Å². The molecule has 6 heteroatoms. The molecule has 0 aromatic carbocycles. The number of rotatable bonds is 8. The number of methoxy groups -OCH3 is 1. The van der Waals surface area contributed by atoms with Gasteiger partial charge in [0, 0.05) is 6.54 Å². The second-order valence-corrected chi connectivity index (χ2v) is 4.03. The smallest absolute Gasteiger partial charge is 0.328 e. The lowest BCUT2D eigenvalue weighted by molar-refractivity contribution is -0.142. The van der Waals surface area contributed by atoms with Gasteiger partial charge in [0.1, 0.15) is 6.04 Å². The van der Waals surface area contributed by atoms with Gasteiger partial charge in [-0.25, -0.2) is 9.59 Å². The molecule has 0 aromatic rings. The first-order valence-corrected chi connectivity index (χ1v) is 6.39. The van der Waals surface area contributed by atoms with Crippen LogP contribution in [-0.2, 0) is 9.53 Å². The molecule has 2 N–H and O–H groups in total. The molecule has 0 aliphatic rings. The highest BCUT2D eigenvalue weighted by Crippen LogP contribution is 1.90. The third kappa shape index (κ3) is 7.11. The highest BCUT2D eigenvalue weighted by atomic mass is 16.5. The van der Waals surface area contributed by atoms with Gasteiger partial charge in [-0.05, 0) is 33.0 Å². The maximum atomic E-state index is 11.4. The number of hydrogen-bond donors (Lipinski definition) is 2. The Morgan fingerprint density at radius 2 is 1.89 bits per heavy atom. The Labute approximate surface area is 109 Å². The van der Waals surface area contributed by atoms with Crippen molar-refractivity contribution in [1.82, 2.24) is 15.5 Å². The highest BCUT2D eigenvalue weighted by Gasteiger charge is 2.14. The number of carbonyl (C=O) groups is 2. The molecule has 0 fully saturated rings. The first-order valence-electron chi connectivity index (χ1n) is 6.39. The molecule has 1 atom stereocenters. The fourth-order valence-electron chi connectivity index (χ4n) is 1.53. The van der Waals surface area contributed by atoms with E-state index in [1.54, 1.807) is 6.92 Å². The lowest BCUT2D eigenvalue weighted by atomic mass is 10.3. The van der Waals surface area contributed by atoms with Gasteiger partial charge in [-0.2, -0.15) is 0 Å². The van der Waals surface area contributed by atoms with Crippen molar-refractivity contribution >= 4 is 12.0 Å². The number of carbonyl (C=O) groups excluding carboxylic acids is 2. The lowest BCUT2D eigenvalue weighted by Gasteiger charge is -2.18. The number of hydrogen-bond acceptors (Lipinski definition) is 4. The topological polar surface area (TPSA) is 70.7 Å². The van der Waals surface area contributed by atoms with Crippen LogP contribution in [0.15, 0.2) is 0 Å². The third-order valence-electron chi connectivity index (χ3n) is 2.73. The summed E-state index contributed by atoms with van der Waals surface area (Å²) in [7, 11) is 1.29. The molecule has 18 heavy (non-hydrogen) atoms. The zero-order valence-corrected chi connectivity index (χ0v) is 11.8. The molecule has 2 amide bonds. The van der Waals surface area contributed by atoms with E-state index in [4.69, 9.17) is 0 Å². The molecule has 0 rings (SSSR count). The lowest BCUT2D eigenvalue weighted by Crippen LogP contribution is -2.45. The summed E-state index contributed by atoms with van der Waals surface area (Å²) in [6, 6.07) is -0.967. The van der Waals surface area contributed by atoms with E-state index >= 15 is 0 Å². The number of nitrogens with one attached hydrogen (secondary N) is 2. The van der Waals surface area contributed by atoms with E-state index in [0.717, 1.165) is 26.1 Å². The maximum Gasteiger partial charge on any atom is 0.328 e. The van der Waals surface area contributed by atoms with Crippen molar-refractivity contribution in [2.75, 3.05) is 33.3 Å². The summed E-state index contributed by atoms with van der Waals surface area (Å²) >= 11 is 0. The Morgan fingerprint density at radius 3 is 2.39 bits per heavy atom. The maximum absolute atomic E-state index is 11.4. The molecule has 0 saturated carbocycles. The molecular weight excluding hydrogens is 234 g/mol. The monoisotopic (exact) mass is 259 g/mol. The van der Waals surface area contributed by atoms with Crippen molar-refractivity contribution in [2.24, 2.45) is 0 Å². The summed E-state index contributed by atoms with van der Waals surface area (Å²) in [5.74, 6) is -0.451. The van der Waals surface area contributed by atoms with Crippen LogP contribution in [0.4, 0.5) is 4.79 Å². The average Bonchev–Trinajstić information content (AvgIpc) is 2.37. The zero-order chi connectivity index (χ0) is 14.0. The van der Waals surface area contributed by atoms with Gasteiger partial charge in [0.15, 0.2) is 0 Å². The van der Waals surface area contributed by atoms with Crippen molar-refractivity contribution in [3.05, 3.63) is 0 Å². The van der Waals surface area contributed by atoms with Crippen LogP contribution in [0, 0.1) is 0 Å². The van der Waals surface area contributed by atoms with E-state index in [-0.39, 0.29) is 6.03 Å². The molecule has 0 radical (unpaired) electrons. The first-order chi connectivity index (χ1) is 8.54. The van der Waals surface area contributed by atoms with Gasteiger partial charge in [0.2, 0.25) is 0 Å². The second kappa shape index (κ2) is 9.70. The van der Waals surface area contributed by atoms with E-state index < -0.39 is 12.0 Å². The van der Waals surface area contributed by atoms with E-state index in [9.17, 15) is 9.59 Å². The Morgan fingerprint density at radius 1 is 1.28 bits per heavy atom. The number of esters is 1. The molecule has 0 heterocycles. The first kappa shape index (κ1) is 16.7. The molecule has 106 valence electrons. The molecule has 0 aromatic heterocycles. The summed E-state index contributed by atoms with van der Waals surface area (Å²) in [6.07, 6.45) is 0.891. The summed E-state index contributed by atoms with van der Waals surface area (Å²) < 4.78 is 4.51. The van der Waals surface area contributed by atoms with Crippen LogP contribution in [0.3, 0.4) is 0 Å². The van der Waals surface area contributed by atoms with Crippen molar-refractivity contribution < 1.29 is 14.3 Å². The summed E-state index contributed by atoms with van der Waals surface area (Å²) in [5.41, 5.74) is 0. The highest BCUT2D eigenvalue weighted by molar-refractivity contribution is 5.83. The Kier molecular flexibility index (Phi) is 9.00. The molecule has 0 saturated heterocycles. The molecule has 0 aliphatic carbocycles. The Hall–Kier alpha value is -1.30. The van der Waals surface area contributed by atoms with Crippen LogP contribution in [0.25, 0.3) is 0 Å². The van der Waals surface area contributed by atoms with Crippen LogP contribution < -0.4 is 10.6 Å². The van der Waals surface area contributed by atoms with Gasteiger partial charge < -0.3 is 20.3 Å². The molecular formula is C12H25N3O3. The predicted octanol–water partition coefficient (Wildman–Crippen LogP) is 0.579. The number of nitrogens with zero attached hydrogens (tertiary/aromatic N) is 1. The fraction of sp³-hybridized carbons (Fsp3) is 0.833. The Bertz CT molecular complexity index is 255. The molecule has 6 nitrogen and oxygen atoms in total. The van der Waals surface area contributed by atoms with Crippen molar-refractivity contribution in [3.63, 3.8) is 0 Å². The van der Waals surface area contributed by atoms with Crippen LogP contribution in [0.5, 0.6) is 0 Å². The minimum Gasteiger partial charge on any atom is -0.467 e. The van der Waals surface area contributed by atoms with E-state index in [2.05, 4.69) is 34.1 Å². The van der Waals surface area contributed by atoms with Crippen LogP contribution in [-0.4, -0.2) is 56.2 Å². The normalized spacial score (nSPS) is 12.1. The summed E-state index contributed by atoms with van der Waals surface area (Å²) in [5, 5.41) is 5.22. The fourth-order valence-corrected chi connectivity index (χ4v) is 1.53. The summed E-state index contributed by atoms with van der Waals surface area (Å²) in [6.45, 7) is 9.39. The number of amides is 2. The van der Waals surface area contributed by atoms with Gasteiger partial charge in [0.25, 0.3) is 0 Å². The third-order valence-corrected chi connectivity index (χ3v) is 2.73. The minimum atomic E-state index is -0.627. The summed E-state index contributed by atoms with van der Waals surface area (Å²) in [4.78, 5) is 24.8. The Balaban J connectivity index is 3.68. The largest absolute Gasteiger partial charge is 0.467 e. The van der Waals surface area contributed by atoms with Crippen molar-refractivity contribution in [2.45, 2.75) is 33.2 Å². The van der Waals surface area contributed by atoms with Gasteiger partial charge in [-0.3, -0.25) is 0 Å². The second-order valence-electron chi connectivity index (χ2n) is 4.03. The predicted molar refractivity (Wildman–Crippen MR) is 70.4 cm³/mol. The quantitative estimate of drug-likeness (QED) is 0.494. The standard InChI is InChI=1S/C12H25N3O3/c1-5-15(6-2)9-7-8-13-12(17)14-10(3)11(16)18-4/h10H,5-9H2,1-4H3,(H2,13,14,17). The average molecular weight is 259 g/mol. The van der Waals surface area contributed by atoms with E-state index in [0.29, 0.717) is 6.54 Å². The molecule has 1 unspecified atom stereocenters. The molecule has 0 spiro atoms. The minimum absolute atomic E-state index is 0.340. The number of ether oxygens (including phenoxy) is 1. The van der Waals surface area contributed by atoms with Crippen molar-refractivity contribution in [1.29, 1.82) is 0 Å². The van der Waals surface area contributed by atoms with Gasteiger partial charge in [0.05, 0.1) is 7.11 Å². The van der Waals surface area contributed by atoms with Crippen LogP contribution in [0.1, 0.15) is 27.2 Å². The van der Waals surface area contributed by atoms with Crippen LogP contribution in [0.2, 0.25) is 0 Å². The van der Waals surface area contributed by atoms with Crippen LogP contribution >= 0.6 is 0 Å².